The molecule has 0 aromatic carbocycles. The Kier molecular flexibility index (Phi) is 62.9. The van der Waals surface area contributed by atoms with Gasteiger partial charge in [-0.25, -0.2) is 0 Å². The van der Waals surface area contributed by atoms with Gasteiger partial charge >= 0.3 is 0 Å². The average Bonchev–Trinajstić information content (AvgIpc) is 0.759. The predicted octanol–water partition coefficient (Wildman–Crippen LogP) is 16.1. The van der Waals surface area contributed by atoms with Crippen molar-refractivity contribution < 1.29 is 89.4 Å². The highest BCUT2D eigenvalue weighted by Crippen LogP contribution is 2.33. The van der Waals surface area contributed by atoms with Gasteiger partial charge in [-0.1, -0.05) is 329 Å². The van der Waals surface area contributed by atoms with Crippen molar-refractivity contribution in [3.63, 3.8) is 0 Å². The number of aliphatic hydroxyl groups excluding tert-OH is 11. The third-order valence-corrected chi connectivity index (χ3v) is 21.0. The van der Waals surface area contributed by atoms with Crippen molar-refractivity contribution in [3.8, 4) is 0 Å². The van der Waals surface area contributed by atoms with Gasteiger partial charge in [-0.2, -0.15) is 0 Å². The molecule has 19 heteroatoms. The van der Waals surface area contributed by atoms with Gasteiger partial charge in [0.2, 0.25) is 5.91 Å². The maximum atomic E-state index is 13.5. The second kappa shape index (κ2) is 68.8. The monoisotopic (exact) mass is 1540 g/mol. The van der Waals surface area contributed by atoms with E-state index < -0.39 is 124 Å². The van der Waals surface area contributed by atoms with Crippen LogP contribution in [-0.2, 0) is 33.2 Å². The fourth-order valence-corrected chi connectivity index (χ4v) is 14.1. The van der Waals surface area contributed by atoms with Crippen LogP contribution in [0, 0.1) is 0 Å². The van der Waals surface area contributed by atoms with Crippen molar-refractivity contribution in [3.05, 3.63) is 109 Å². The van der Waals surface area contributed by atoms with Gasteiger partial charge in [-0.15, -0.1) is 0 Å². The first-order valence-electron chi connectivity index (χ1n) is 43.6. The second-order valence-corrected chi connectivity index (χ2v) is 30.6. The van der Waals surface area contributed by atoms with Gasteiger partial charge in [-0.05, 0) is 96.3 Å². The molecule has 17 atom stereocenters. The minimum atomic E-state index is -1.99. The van der Waals surface area contributed by atoms with E-state index in [1.165, 1.54) is 205 Å². The molecule has 19 nitrogen and oxygen atoms in total. The molecule has 0 spiro atoms. The molecule has 0 aromatic rings. The highest BCUT2D eigenvalue weighted by molar-refractivity contribution is 5.76. The number of carbonyl (C=O) groups excluding carboxylic acids is 1. The zero-order valence-corrected chi connectivity index (χ0v) is 67.8. The van der Waals surface area contributed by atoms with Crippen LogP contribution in [0.15, 0.2) is 109 Å². The lowest BCUT2D eigenvalue weighted by atomic mass is 9.96. The number of nitrogens with one attached hydrogen (secondary N) is 1. The van der Waals surface area contributed by atoms with E-state index in [0.29, 0.717) is 12.8 Å². The molecular weight excluding hydrogens is 1380 g/mol. The van der Waals surface area contributed by atoms with E-state index in [-0.39, 0.29) is 18.9 Å². The summed E-state index contributed by atoms with van der Waals surface area (Å²) in [6.45, 7) is 1.63. The smallest absolute Gasteiger partial charge is 0.220 e. The van der Waals surface area contributed by atoms with E-state index >= 15 is 0 Å². The summed E-state index contributed by atoms with van der Waals surface area (Å²) in [7, 11) is 0. The Bertz CT molecular complexity index is 2390. The van der Waals surface area contributed by atoms with E-state index in [0.717, 1.165) is 83.5 Å². The summed E-state index contributed by atoms with van der Waals surface area (Å²) in [5.74, 6) is -0.287. The van der Waals surface area contributed by atoms with E-state index in [1.807, 2.05) is 6.08 Å². The molecule has 0 aliphatic carbocycles. The fourth-order valence-electron chi connectivity index (χ4n) is 14.1. The van der Waals surface area contributed by atoms with Gasteiger partial charge in [0, 0.05) is 6.42 Å². The molecule has 3 rings (SSSR count). The summed E-state index contributed by atoms with van der Waals surface area (Å²) in [4.78, 5) is 13.5. The number of allylic oxidation sites excluding steroid dienone is 17. The molecule has 1 amide bonds. The Morgan fingerprint density at radius 3 is 1.03 bits per heavy atom. The van der Waals surface area contributed by atoms with Gasteiger partial charge < -0.3 is 89.9 Å². The summed E-state index contributed by atoms with van der Waals surface area (Å²) in [5, 5.41) is 121. The van der Waals surface area contributed by atoms with E-state index in [2.05, 4.69) is 116 Å². The van der Waals surface area contributed by atoms with Crippen LogP contribution in [0.4, 0.5) is 0 Å². The quantitative estimate of drug-likeness (QED) is 0.0199. The minimum absolute atomic E-state index is 0.230. The maximum Gasteiger partial charge on any atom is 0.220 e. The van der Waals surface area contributed by atoms with E-state index in [1.54, 1.807) is 6.08 Å². The molecule has 3 saturated heterocycles. The van der Waals surface area contributed by atoms with Gasteiger partial charge in [0.1, 0.15) is 73.2 Å². The SMILES string of the molecule is CC/C=C\C/C=C\C/C=C\C/C=C\C/C=C\C/C=C\CCCCCCCCCCCCCCCCCCCCCCC(=O)NC(COC1OC(CO)C(OC2OC(CO)C(OC3OC(CO)C(O)C(O)C3O)C(O)C2O)C(O)C1O)C(O)/C=C/CC/C=C/CC/C=C/CCCCCCCCCCCCCCCCC. The predicted molar refractivity (Wildman–Crippen MR) is 438 cm³/mol. The van der Waals surface area contributed by atoms with Crippen LogP contribution in [0.2, 0.25) is 0 Å². The van der Waals surface area contributed by atoms with Gasteiger partial charge in [0.25, 0.3) is 0 Å². The summed E-state index contributed by atoms with van der Waals surface area (Å²) >= 11 is 0. The molecule has 17 unspecified atom stereocenters. The average molecular weight is 1540 g/mol. The maximum absolute atomic E-state index is 13.5. The number of aliphatic hydroxyl groups is 11. The third kappa shape index (κ3) is 47.8. The molecule has 0 bridgehead atoms. The topological polar surface area (TPSA) is 307 Å². The summed E-state index contributed by atoms with van der Waals surface area (Å²) < 4.78 is 34.5. The first-order valence-corrected chi connectivity index (χ1v) is 43.6. The van der Waals surface area contributed by atoms with Crippen molar-refractivity contribution in [1.29, 1.82) is 0 Å². The van der Waals surface area contributed by atoms with Gasteiger partial charge in [0.15, 0.2) is 18.9 Å². The number of ether oxygens (including phenoxy) is 6. The normalized spacial score (nSPS) is 25.8. The van der Waals surface area contributed by atoms with Crippen molar-refractivity contribution in [2.75, 3.05) is 26.4 Å². The van der Waals surface area contributed by atoms with Gasteiger partial charge in [0.05, 0.1) is 38.6 Å². The molecule has 3 fully saturated rings. The Balaban J connectivity index is 1.33. The molecule has 3 aliphatic heterocycles. The summed E-state index contributed by atoms with van der Waals surface area (Å²) in [6, 6.07) is -1.00. The third-order valence-electron chi connectivity index (χ3n) is 21.0. The van der Waals surface area contributed by atoms with Crippen LogP contribution in [0.3, 0.4) is 0 Å². The van der Waals surface area contributed by atoms with Crippen LogP contribution >= 0.6 is 0 Å². The zero-order chi connectivity index (χ0) is 78.8. The van der Waals surface area contributed by atoms with E-state index in [4.69, 9.17) is 28.4 Å². The standard InChI is InChI=1S/C90H157NO18/c1-3-5-7-9-11-13-15-17-19-21-23-25-27-29-30-31-32-33-34-35-36-37-38-39-40-41-42-44-46-48-50-52-54-56-58-60-62-64-66-68-78(96)91-73(74(95)67-65-63-61-59-57-55-53-51-49-47-45-43-28-26-24-22-20-18-16-14-12-10-8-6-4-2)72-104-88-84(102)81(99)86(76(70-93)106-88)109-90-85(103)82(100)87(77(71-94)107-90)108-89-83(101)80(98)79(97)75(69-92)105-89/h5,7,11,13,17,19,23,25,29-30,32-33,49,51,57,59,65,67,73-77,79-90,92-95,97-103H,3-4,6,8-10,12,14-16,18,20-22,24,26-28,31,34-48,50,52-56,58,60-64,66,68-72H2,1-2H3,(H,91,96)/b7-5-,13-11-,19-17-,25-23-,30-29-,33-32-,51-49+,59-57+,67-65+. The molecule has 12 N–H and O–H groups in total. The van der Waals surface area contributed by atoms with Crippen LogP contribution in [0.5, 0.6) is 0 Å². The second-order valence-electron chi connectivity index (χ2n) is 30.6. The molecular formula is C90H157NO18. The van der Waals surface area contributed by atoms with Crippen molar-refractivity contribution in [2.45, 2.75) is 426 Å². The lowest BCUT2D eigenvalue weighted by Gasteiger charge is -2.48. The van der Waals surface area contributed by atoms with Crippen LogP contribution in [0.1, 0.15) is 322 Å². The van der Waals surface area contributed by atoms with Crippen LogP contribution in [-0.4, -0.2) is 193 Å². The lowest BCUT2D eigenvalue weighted by molar-refractivity contribution is -0.379. The molecule has 0 saturated carbocycles. The number of amides is 1. The molecule has 3 heterocycles. The Hall–Kier alpha value is -3.55. The molecule has 0 radical (unpaired) electrons. The van der Waals surface area contributed by atoms with Crippen molar-refractivity contribution >= 4 is 5.91 Å². The van der Waals surface area contributed by atoms with Crippen molar-refractivity contribution in [1.82, 2.24) is 5.32 Å². The number of rotatable bonds is 69. The molecule has 0 aromatic heterocycles. The lowest BCUT2D eigenvalue weighted by Crippen LogP contribution is -2.66. The Morgan fingerprint density at radius 1 is 0.339 bits per heavy atom. The molecule has 630 valence electrons. The Labute approximate surface area is 659 Å². The minimum Gasteiger partial charge on any atom is -0.394 e. The molecule has 109 heavy (non-hydrogen) atoms. The van der Waals surface area contributed by atoms with Crippen molar-refractivity contribution in [2.24, 2.45) is 0 Å². The van der Waals surface area contributed by atoms with Crippen LogP contribution in [0.25, 0.3) is 0 Å². The number of hydrogen-bond acceptors (Lipinski definition) is 18. The number of hydrogen-bond donors (Lipinski definition) is 12. The highest BCUT2D eigenvalue weighted by atomic mass is 16.8. The largest absolute Gasteiger partial charge is 0.394 e. The summed E-state index contributed by atoms with van der Waals surface area (Å²) in [6.07, 6.45) is 69.5. The highest BCUT2D eigenvalue weighted by Gasteiger charge is 2.54. The Morgan fingerprint density at radius 2 is 0.642 bits per heavy atom. The van der Waals surface area contributed by atoms with Crippen LogP contribution < -0.4 is 5.32 Å². The number of unbranched alkanes of at least 4 members (excludes halogenated alkanes) is 37. The summed E-state index contributed by atoms with van der Waals surface area (Å²) in [5.41, 5.74) is 0. The first kappa shape index (κ1) is 99.6. The first-order chi connectivity index (χ1) is 53.3. The van der Waals surface area contributed by atoms with Gasteiger partial charge in [-0.3, -0.25) is 4.79 Å². The molecule has 3 aliphatic rings. The zero-order valence-electron chi connectivity index (χ0n) is 67.8. The fraction of sp³-hybridized carbons (Fsp3) is 0.789. The van der Waals surface area contributed by atoms with E-state index in [9.17, 15) is 61.0 Å². The number of carbonyl (C=O) groups is 1.